The quantitative estimate of drug-likeness (QED) is 0.573. The summed E-state index contributed by atoms with van der Waals surface area (Å²) in [5.41, 5.74) is 5.26. The second-order valence-electron chi connectivity index (χ2n) is 3.21. The lowest BCUT2D eigenvalue weighted by Crippen LogP contribution is -2.28. The zero-order chi connectivity index (χ0) is 9.03. The summed E-state index contributed by atoms with van der Waals surface area (Å²) in [4.78, 5) is 0. The first-order chi connectivity index (χ1) is 5.64. The maximum absolute atomic E-state index is 11.2. The first-order valence-corrected chi connectivity index (χ1v) is 5.99. The van der Waals surface area contributed by atoms with E-state index in [1.165, 1.54) is 0 Å². The summed E-state index contributed by atoms with van der Waals surface area (Å²) in [6.07, 6.45) is 3.44. The van der Waals surface area contributed by atoms with Gasteiger partial charge in [-0.3, -0.25) is 0 Å². The van der Waals surface area contributed by atoms with Crippen LogP contribution in [0, 0.1) is 0 Å². The zero-order valence-corrected chi connectivity index (χ0v) is 7.94. The first kappa shape index (κ1) is 9.95. The van der Waals surface area contributed by atoms with Crippen molar-refractivity contribution in [1.82, 2.24) is 4.72 Å². The normalized spacial score (nSPS) is 18.1. The third-order valence-corrected chi connectivity index (χ3v) is 3.31. The molecular formula is C7H16N2O2S. The molecule has 0 aromatic rings. The molecule has 5 heteroatoms. The van der Waals surface area contributed by atoms with Crippen LogP contribution in [0.25, 0.3) is 0 Å². The molecule has 1 rings (SSSR count). The summed E-state index contributed by atoms with van der Waals surface area (Å²) in [5.74, 6) is 0.223. The Morgan fingerprint density at radius 2 is 2.00 bits per heavy atom. The van der Waals surface area contributed by atoms with Crippen molar-refractivity contribution >= 4 is 10.0 Å². The highest BCUT2D eigenvalue weighted by Crippen LogP contribution is 2.19. The Bertz CT molecular complexity index is 222. The Hall–Kier alpha value is -0.130. The van der Waals surface area contributed by atoms with Crippen molar-refractivity contribution in [2.45, 2.75) is 31.7 Å². The van der Waals surface area contributed by atoms with Crippen molar-refractivity contribution in [3.63, 3.8) is 0 Å². The molecule has 0 aliphatic heterocycles. The number of hydrogen-bond acceptors (Lipinski definition) is 3. The van der Waals surface area contributed by atoms with Crippen LogP contribution in [0.2, 0.25) is 0 Å². The van der Waals surface area contributed by atoms with E-state index in [2.05, 4.69) is 4.72 Å². The Labute approximate surface area is 73.6 Å². The van der Waals surface area contributed by atoms with E-state index in [9.17, 15) is 8.42 Å². The Balaban J connectivity index is 2.17. The van der Waals surface area contributed by atoms with Crippen molar-refractivity contribution < 1.29 is 8.42 Å². The van der Waals surface area contributed by atoms with Gasteiger partial charge in [0.05, 0.1) is 5.75 Å². The van der Waals surface area contributed by atoms with Crippen LogP contribution in [-0.4, -0.2) is 26.8 Å². The number of rotatable bonds is 6. The van der Waals surface area contributed by atoms with Gasteiger partial charge in [0, 0.05) is 6.04 Å². The predicted octanol–water partition coefficient (Wildman–Crippen LogP) is -0.193. The van der Waals surface area contributed by atoms with Crippen LogP contribution in [0.4, 0.5) is 0 Å². The number of nitrogens with one attached hydrogen (secondary N) is 1. The van der Waals surface area contributed by atoms with E-state index >= 15 is 0 Å². The van der Waals surface area contributed by atoms with Crippen molar-refractivity contribution in [3.05, 3.63) is 0 Å². The largest absolute Gasteiger partial charge is 0.330 e. The highest BCUT2D eigenvalue weighted by molar-refractivity contribution is 7.89. The zero-order valence-electron chi connectivity index (χ0n) is 7.12. The number of nitrogens with two attached hydrogens (primary N) is 1. The molecule has 0 heterocycles. The standard InChI is InChI=1S/C7H16N2O2S/c8-5-1-2-6-12(10,11)9-7-3-4-7/h7,9H,1-6,8H2. The molecule has 0 amide bonds. The summed E-state index contributed by atoms with van der Waals surface area (Å²) in [6.45, 7) is 0.568. The minimum atomic E-state index is -3.00. The van der Waals surface area contributed by atoms with Crippen LogP contribution in [-0.2, 0) is 10.0 Å². The van der Waals surface area contributed by atoms with Crippen LogP contribution in [0.3, 0.4) is 0 Å². The highest BCUT2D eigenvalue weighted by Gasteiger charge is 2.26. The van der Waals surface area contributed by atoms with Gasteiger partial charge in [0.1, 0.15) is 0 Å². The monoisotopic (exact) mass is 192 g/mol. The van der Waals surface area contributed by atoms with Gasteiger partial charge in [-0.2, -0.15) is 0 Å². The molecule has 0 aromatic carbocycles. The fourth-order valence-electron chi connectivity index (χ4n) is 0.950. The van der Waals surface area contributed by atoms with Crippen LogP contribution in [0.5, 0.6) is 0 Å². The van der Waals surface area contributed by atoms with E-state index < -0.39 is 10.0 Å². The minimum absolute atomic E-state index is 0.223. The predicted molar refractivity (Wildman–Crippen MR) is 48.2 cm³/mol. The molecule has 1 aliphatic rings. The molecule has 1 aliphatic carbocycles. The Morgan fingerprint density at radius 3 is 2.50 bits per heavy atom. The maximum Gasteiger partial charge on any atom is 0.211 e. The molecule has 0 spiro atoms. The smallest absolute Gasteiger partial charge is 0.211 e. The summed E-state index contributed by atoms with van der Waals surface area (Å²) < 4.78 is 25.0. The number of hydrogen-bond donors (Lipinski definition) is 2. The fourth-order valence-corrected chi connectivity index (χ4v) is 2.40. The van der Waals surface area contributed by atoms with Gasteiger partial charge in [0.15, 0.2) is 0 Å². The average molecular weight is 192 g/mol. The maximum atomic E-state index is 11.2. The molecule has 1 fully saturated rings. The molecule has 0 radical (unpaired) electrons. The van der Waals surface area contributed by atoms with E-state index in [0.29, 0.717) is 13.0 Å². The molecule has 3 N–H and O–H groups in total. The highest BCUT2D eigenvalue weighted by atomic mass is 32.2. The minimum Gasteiger partial charge on any atom is -0.330 e. The van der Waals surface area contributed by atoms with Crippen LogP contribution in [0.1, 0.15) is 25.7 Å². The SMILES string of the molecule is NCCCCS(=O)(=O)NC1CC1. The van der Waals surface area contributed by atoms with E-state index in [0.717, 1.165) is 19.3 Å². The molecule has 0 aromatic heterocycles. The molecular weight excluding hydrogens is 176 g/mol. The fraction of sp³-hybridized carbons (Fsp3) is 1.00. The van der Waals surface area contributed by atoms with Gasteiger partial charge >= 0.3 is 0 Å². The Morgan fingerprint density at radius 1 is 1.33 bits per heavy atom. The van der Waals surface area contributed by atoms with E-state index in [-0.39, 0.29) is 11.8 Å². The van der Waals surface area contributed by atoms with Gasteiger partial charge in [-0.15, -0.1) is 0 Å². The summed E-state index contributed by atoms with van der Waals surface area (Å²) in [7, 11) is -3.00. The van der Waals surface area contributed by atoms with Gasteiger partial charge in [-0.1, -0.05) is 0 Å². The third kappa shape index (κ3) is 4.04. The molecule has 0 bridgehead atoms. The lowest BCUT2D eigenvalue weighted by molar-refractivity contribution is 0.577. The molecule has 0 saturated heterocycles. The van der Waals surface area contributed by atoms with Crippen molar-refractivity contribution in [3.8, 4) is 0 Å². The third-order valence-electron chi connectivity index (χ3n) is 1.79. The summed E-state index contributed by atoms with van der Waals surface area (Å²) in [6, 6.07) is 0.230. The van der Waals surface area contributed by atoms with Crippen molar-refractivity contribution in [1.29, 1.82) is 0 Å². The van der Waals surface area contributed by atoms with E-state index in [1.807, 2.05) is 0 Å². The van der Waals surface area contributed by atoms with Crippen LogP contribution >= 0.6 is 0 Å². The van der Waals surface area contributed by atoms with Crippen LogP contribution in [0.15, 0.2) is 0 Å². The van der Waals surface area contributed by atoms with Gasteiger partial charge < -0.3 is 5.73 Å². The Kier molecular flexibility index (Phi) is 3.49. The van der Waals surface area contributed by atoms with Gasteiger partial charge in [0.2, 0.25) is 10.0 Å². The van der Waals surface area contributed by atoms with E-state index in [1.54, 1.807) is 0 Å². The second-order valence-corrected chi connectivity index (χ2v) is 5.08. The molecule has 72 valence electrons. The lowest BCUT2D eigenvalue weighted by atomic mass is 10.3. The molecule has 0 atom stereocenters. The van der Waals surface area contributed by atoms with Crippen molar-refractivity contribution in [2.75, 3.05) is 12.3 Å². The van der Waals surface area contributed by atoms with Gasteiger partial charge in [-0.05, 0) is 32.2 Å². The number of unbranched alkanes of at least 4 members (excludes halogenated alkanes) is 1. The summed E-state index contributed by atoms with van der Waals surface area (Å²) >= 11 is 0. The lowest BCUT2D eigenvalue weighted by Gasteiger charge is -2.03. The van der Waals surface area contributed by atoms with Gasteiger partial charge in [0.25, 0.3) is 0 Å². The van der Waals surface area contributed by atoms with Crippen LogP contribution < -0.4 is 10.5 Å². The molecule has 1 saturated carbocycles. The molecule has 12 heavy (non-hydrogen) atoms. The van der Waals surface area contributed by atoms with Gasteiger partial charge in [-0.25, -0.2) is 13.1 Å². The first-order valence-electron chi connectivity index (χ1n) is 4.34. The molecule has 0 unspecified atom stereocenters. The molecule has 4 nitrogen and oxygen atoms in total. The van der Waals surface area contributed by atoms with Crippen molar-refractivity contribution in [2.24, 2.45) is 5.73 Å². The second kappa shape index (κ2) is 4.20. The van der Waals surface area contributed by atoms with E-state index in [4.69, 9.17) is 5.73 Å². The topological polar surface area (TPSA) is 72.2 Å². The summed E-state index contributed by atoms with van der Waals surface area (Å²) in [5, 5.41) is 0. The average Bonchev–Trinajstić information content (AvgIpc) is 2.71. The number of sulfonamides is 1.